The summed E-state index contributed by atoms with van der Waals surface area (Å²) in [6.45, 7) is 6.07. The molecule has 1 fully saturated rings. The second kappa shape index (κ2) is 10.1. The number of aliphatic carboxylic acids is 2. The fraction of sp³-hybridized carbons (Fsp3) is 0.524. The number of hydrazone groups is 1. The van der Waals surface area contributed by atoms with Crippen molar-refractivity contribution in [1.29, 1.82) is 0 Å². The smallest absolute Gasteiger partial charge is 0.312 e. The molecule has 9 nitrogen and oxygen atoms in total. The maximum Gasteiger partial charge on any atom is 0.312 e. The number of nitrogens with two attached hydrogens (primary N) is 1. The van der Waals surface area contributed by atoms with E-state index in [4.69, 9.17) is 22.7 Å². The summed E-state index contributed by atoms with van der Waals surface area (Å²) >= 11 is 4.72. The minimum Gasteiger partial charge on any atom is -0.494 e. The molecule has 0 radical (unpaired) electrons. The van der Waals surface area contributed by atoms with E-state index in [9.17, 15) is 24.9 Å². The highest BCUT2D eigenvalue weighted by atomic mass is 32.1. The van der Waals surface area contributed by atoms with Crippen LogP contribution in [0.3, 0.4) is 0 Å². The average Bonchev–Trinajstić information content (AvgIpc) is 2.64. The van der Waals surface area contributed by atoms with E-state index in [0.29, 0.717) is 23.8 Å². The van der Waals surface area contributed by atoms with Crippen LogP contribution in [0.4, 0.5) is 0 Å². The number of ether oxygens (including phenoxy) is 1. The molecule has 0 saturated heterocycles. The number of thiocarbonyl (C=S) groups is 1. The number of hydrogen-bond acceptors (Lipinski definition) is 6. The average molecular weight is 452 g/mol. The van der Waals surface area contributed by atoms with Crippen molar-refractivity contribution in [3.63, 3.8) is 0 Å². The SMILES string of the molecule is CC(C)CCOc1ccc(C2C(C(=O)O)C(=NNC(N)=S)CC(C)(O)C2C(=O)O)cc1. The largest absolute Gasteiger partial charge is 0.494 e. The van der Waals surface area contributed by atoms with Crippen LogP contribution in [0.2, 0.25) is 0 Å². The zero-order valence-electron chi connectivity index (χ0n) is 17.7. The van der Waals surface area contributed by atoms with Crippen molar-refractivity contribution in [1.82, 2.24) is 5.43 Å². The van der Waals surface area contributed by atoms with Gasteiger partial charge in [-0.2, -0.15) is 5.10 Å². The molecule has 0 heterocycles. The van der Waals surface area contributed by atoms with Gasteiger partial charge >= 0.3 is 11.9 Å². The van der Waals surface area contributed by atoms with Crippen LogP contribution in [0.15, 0.2) is 29.4 Å². The highest BCUT2D eigenvalue weighted by Gasteiger charge is 2.55. The maximum atomic E-state index is 12.2. The van der Waals surface area contributed by atoms with Crippen molar-refractivity contribution < 1.29 is 29.6 Å². The summed E-state index contributed by atoms with van der Waals surface area (Å²) < 4.78 is 5.69. The quantitative estimate of drug-likeness (QED) is 0.294. The van der Waals surface area contributed by atoms with Gasteiger partial charge in [-0.1, -0.05) is 26.0 Å². The van der Waals surface area contributed by atoms with Gasteiger partial charge in [0.25, 0.3) is 0 Å². The summed E-state index contributed by atoms with van der Waals surface area (Å²) in [4.78, 5) is 24.3. The molecular weight excluding hydrogens is 422 g/mol. The summed E-state index contributed by atoms with van der Waals surface area (Å²) in [5.41, 5.74) is 6.50. The predicted molar refractivity (Wildman–Crippen MR) is 119 cm³/mol. The maximum absolute atomic E-state index is 12.2. The van der Waals surface area contributed by atoms with Gasteiger partial charge in [0.05, 0.1) is 23.8 Å². The number of carboxylic acid groups (broad SMARTS) is 2. The fourth-order valence-electron chi connectivity index (χ4n) is 3.91. The lowest BCUT2D eigenvalue weighted by atomic mass is 9.61. The first-order valence-electron chi connectivity index (χ1n) is 9.96. The molecule has 1 aromatic rings. The van der Waals surface area contributed by atoms with Crippen LogP contribution in [0, 0.1) is 17.8 Å². The fourth-order valence-corrected chi connectivity index (χ4v) is 3.95. The Labute approximate surface area is 186 Å². The van der Waals surface area contributed by atoms with Gasteiger partial charge in [-0.15, -0.1) is 0 Å². The van der Waals surface area contributed by atoms with Crippen LogP contribution in [0.1, 0.15) is 45.1 Å². The lowest BCUT2D eigenvalue weighted by Crippen LogP contribution is -2.55. The van der Waals surface area contributed by atoms with E-state index in [1.54, 1.807) is 24.3 Å². The van der Waals surface area contributed by atoms with Crippen molar-refractivity contribution in [3.05, 3.63) is 29.8 Å². The first kappa shape index (κ1) is 24.5. The summed E-state index contributed by atoms with van der Waals surface area (Å²) in [5.74, 6) is -5.21. The molecule has 2 rings (SSSR count). The number of aliphatic hydroxyl groups is 1. The summed E-state index contributed by atoms with van der Waals surface area (Å²) in [5, 5.41) is 34.5. The zero-order valence-corrected chi connectivity index (χ0v) is 18.6. The molecule has 4 unspecified atom stereocenters. The Kier molecular flexibility index (Phi) is 7.96. The molecule has 1 aliphatic carbocycles. The van der Waals surface area contributed by atoms with Crippen molar-refractivity contribution >= 4 is 35.0 Å². The predicted octanol–water partition coefficient (Wildman–Crippen LogP) is 1.94. The third kappa shape index (κ3) is 6.14. The van der Waals surface area contributed by atoms with Crippen LogP contribution in [0.25, 0.3) is 0 Å². The van der Waals surface area contributed by atoms with Crippen LogP contribution in [0.5, 0.6) is 5.75 Å². The first-order valence-corrected chi connectivity index (χ1v) is 10.4. The lowest BCUT2D eigenvalue weighted by molar-refractivity contribution is -0.156. The Morgan fingerprint density at radius 2 is 1.90 bits per heavy atom. The monoisotopic (exact) mass is 451 g/mol. The van der Waals surface area contributed by atoms with Crippen molar-refractivity contribution in [2.75, 3.05) is 6.61 Å². The summed E-state index contributed by atoms with van der Waals surface area (Å²) in [6, 6.07) is 6.59. The Morgan fingerprint density at radius 3 is 2.39 bits per heavy atom. The highest BCUT2D eigenvalue weighted by Crippen LogP contribution is 2.46. The molecule has 170 valence electrons. The molecular formula is C21H29N3O6S. The van der Waals surface area contributed by atoms with E-state index in [1.807, 2.05) is 0 Å². The topological polar surface area (TPSA) is 154 Å². The van der Waals surface area contributed by atoms with E-state index in [0.717, 1.165) is 6.42 Å². The molecule has 0 spiro atoms. The Morgan fingerprint density at radius 1 is 1.29 bits per heavy atom. The second-order valence-corrected chi connectivity index (χ2v) is 8.81. The number of hydrogen-bond donors (Lipinski definition) is 5. The van der Waals surface area contributed by atoms with Gasteiger partial charge in [0.2, 0.25) is 0 Å². The Hall–Kier alpha value is -2.72. The van der Waals surface area contributed by atoms with E-state index < -0.39 is 35.3 Å². The number of carbonyl (C=O) groups is 2. The summed E-state index contributed by atoms with van der Waals surface area (Å²) in [7, 11) is 0. The first-order chi connectivity index (χ1) is 14.4. The summed E-state index contributed by atoms with van der Waals surface area (Å²) in [6.07, 6.45) is 0.620. The van der Waals surface area contributed by atoms with E-state index in [1.165, 1.54) is 6.92 Å². The van der Waals surface area contributed by atoms with Crippen LogP contribution in [-0.4, -0.2) is 50.3 Å². The zero-order chi connectivity index (χ0) is 23.3. The van der Waals surface area contributed by atoms with Gasteiger partial charge in [-0.3, -0.25) is 15.0 Å². The second-order valence-electron chi connectivity index (χ2n) is 8.37. The molecule has 0 aliphatic heterocycles. The van der Waals surface area contributed by atoms with Gasteiger partial charge < -0.3 is 25.8 Å². The number of benzene rings is 1. The number of rotatable bonds is 8. The van der Waals surface area contributed by atoms with Crippen molar-refractivity contribution in [3.8, 4) is 5.75 Å². The third-order valence-electron chi connectivity index (χ3n) is 5.36. The molecule has 31 heavy (non-hydrogen) atoms. The van der Waals surface area contributed by atoms with Crippen LogP contribution >= 0.6 is 12.2 Å². The lowest BCUT2D eigenvalue weighted by Gasteiger charge is -2.44. The minimum absolute atomic E-state index is 0.0602. The molecule has 1 saturated carbocycles. The number of carboxylic acids is 2. The van der Waals surface area contributed by atoms with Gasteiger partial charge in [-0.25, -0.2) is 0 Å². The van der Waals surface area contributed by atoms with Gasteiger partial charge in [0.15, 0.2) is 5.11 Å². The molecule has 6 N–H and O–H groups in total. The molecule has 0 aromatic heterocycles. The van der Waals surface area contributed by atoms with Crippen molar-refractivity contribution in [2.45, 2.75) is 45.1 Å². The standard InChI is InChI=1S/C21H29N3O6S/c1-11(2)8-9-30-13-6-4-12(5-7-13)15-16(18(25)26)14(23-24-20(22)31)10-21(3,29)17(15)19(27)28/h4-7,11,15-17,29H,8-10H2,1-3H3,(H,25,26)(H,27,28)(H3,22,24,31). The normalized spacial score (nSPS) is 27.1. The van der Waals surface area contributed by atoms with E-state index in [2.05, 4.69) is 24.4 Å². The number of nitrogens with zero attached hydrogens (tertiary/aromatic N) is 1. The molecule has 0 amide bonds. The van der Waals surface area contributed by atoms with Crippen LogP contribution < -0.4 is 15.9 Å². The Balaban J connectivity index is 2.46. The van der Waals surface area contributed by atoms with E-state index >= 15 is 0 Å². The van der Waals surface area contributed by atoms with E-state index in [-0.39, 0.29) is 17.2 Å². The highest BCUT2D eigenvalue weighted by molar-refractivity contribution is 7.80. The molecule has 0 bridgehead atoms. The number of nitrogens with one attached hydrogen (secondary N) is 1. The van der Waals surface area contributed by atoms with Gasteiger partial charge in [0, 0.05) is 12.3 Å². The minimum atomic E-state index is -1.74. The van der Waals surface area contributed by atoms with Crippen LogP contribution in [-0.2, 0) is 9.59 Å². The van der Waals surface area contributed by atoms with Gasteiger partial charge in [-0.05, 0) is 49.2 Å². The molecule has 1 aliphatic rings. The molecule has 4 atom stereocenters. The molecule has 10 heteroatoms. The van der Waals surface area contributed by atoms with Gasteiger partial charge in [0.1, 0.15) is 11.7 Å². The Bertz CT molecular complexity index is 853. The molecule has 1 aromatic carbocycles. The third-order valence-corrected chi connectivity index (χ3v) is 5.45. The van der Waals surface area contributed by atoms with Crippen molar-refractivity contribution in [2.24, 2.45) is 28.6 Å².